The summed E-state index contributed by atoms with van der Waals surface area (Å²) < 4.78 is 5.13. The van der Waals surface area contributed by atoms with E-state index >= 15 is 0 Å². The molecule has 2 N–H and O–H groups in total. The van der Waals surface area contributed by atoms with Crippen molar-refractivity contribution in [3.63, 3.8) is 0 Å². The number of carbonyl (C=O) groups is 1. The van der Waals surface area contributed by atoms with Gasteiger partial charge < -0.3 is 14.9 Å². The topological polar surface area (TPSA) is 66.8 Å². The van der Waals surface area contributed by atoms with Gasteiger partial charge in [0.25, 0.3) is 0 Å². The maximum atomic E-state index is 11.9. The molecule has 4 nitrogen and oxygen atoms in total. The molecule has 0 bridgehead atoms. The molecule has 1 heterocycles. The number of halogens is 1. The van der Waals surface area contributed by atoms with Crippen molar-refractivity contribution in [3.8, 4) is 0 Å². The lowest BCUT2D eigenvalue weighted by Gasteiger charge is -2.43. The first-order chi connectivity index (χ1) is 10.0. The average Bonchev–Trinajstić information content (AvgIpc) is 2.38. The van der Waals surface area contributed by atoms with Crippen LogP contribution in [0.4, 0.5) is 0 Å². The summed E-state index contributed by atoms with van der Waals surface area (Å²) in [5.74, 6) is -0.0672. The lowest BCUT2D eigenvalue weighted by atomic mass is 9.81. The first kappa shape index (κ1) is 19.8. The fourth-order valence-corrected chi connectivity index (χ4v) is 3.31. The third-order valence-corrected chi connectivity index (χ3v) is 5.85. The molecule has 1 rings (SSSR count). The second kappa shape index (κ2) is 8.06. The Kier molecular flexibility index (Phi) is 7.27. The number of hydrogen-bond acceptors (Lipinski definition) is 4. The molecule has 0 aromatic carbocycles. The summed E-state index contributed by atoms with van der Waals surface area (Å²) in [6.07, 6.45) is 1.00. The fourth-order valence-electron chi connectivity index (χ4n) is 2.29. The Morgan fingerprint density at radius 1 is 1.36 bits per heavy atom. The van der Waals surface area contributed by atoms with Crippen LogP contribution in [0.15, 0.2) is 11.8 Å². The van der Waals surface area contributed by atoms with E-state index < -0.39 is 25.7 Å². The van der Waals surface area contributed by atoms with E-state index in [4.69, 9.17) is 16.3 Å². The molecule has 0 amide bonds. The van der Waals surface area contributed by atoms with Gasteiger partial charge >= 0.3 is 0 Å². The first-order valence-corrected chi connectivity index (χ1v) is 11.8. The minimum Gasteiger partial charge on any atom is -0.391 e. The molecule has 0 spiro atoms. The van der Waals surface area contributed by atoms with Crippen LogP contribution < -0.4 is 0 Å². The summed E-state index contributed by atoms with van der Waals surface area (Å²) in [4.78, 5) is 11.9. The summed E-state index contributed by atoms with van der Waals surface area (Å²) >= 11 is 6.24. The number of carbonyl (C=O) groups excluding carboxylic acids is 1. The van der Waals surface area contributed by atoms with Crippen LogP contribution in [-0.4, -0.2) is 54.9 Å². The molecule has 1 aliphatic heterocycles. The Bertz CT molecular complexity index is 401. The Hall–Kier alpha value is -0.203. The highest BCUT2D eigenvalue weighted by Gasteiger charge is 2.44. The Balaban J connectivity index is 2.32. The van der Waals surface area contributed by atoms with Crippen LogP contribution in [0, 0.1) is 5.41 Å². The smallest absolute Gasteiger partial charge is 0.135 e. The SMILES string of the molecule is CC1([C@H](Cl)[C@H](O)CC(=O)CC[C@H](O)/C=C/[Si](C)(C)C)COC1. The average molecular weight is 349 g/mol. The van der Waals surface area contributed by atoms with E-state index in [-0.39, 0.29) is 24.0 Å². The van der Waals surface area contributed by atoms with Gasteiger partial charge in [0.15, 0.2) is 0 Å². The third kappa shape index (κ3) is 6.50. The summed E-state index contributed by atoms with van der Waals surface area (Å²) in [6.45, 7) is 9.54. The highest BCUT2D eigenvalue weighted by molar-refractivity contribution is 6.80. The second-order valence-corrected chi connectivity index (χ2v) is 13.2. The quantitative estimate of drug-likeness (QED) is 0.496. The van der Waals surface area contributed by atoms with Crippen LogP contribution in [0.5, 0.6) is 0 Å². The van der Waals surface area contributed by atoms with Gasteiger partial charge in [0.2, 0.25) is 0 Å². The summed E-state index contributed by atoms with van der Waals surface area (Å²) in [7, 11) is -1.33. The van der Waals surface area contributed by atoms with Crippen molar-refractivity contribution >= 4 is 25.5 Å². The molecule has 0 aromatic heterocycles. The Labute approximate surface area is 139 Å². The van der Waals surface area contributed by atoms with Crippen molar-refractivity contribution < 1.29 is 19.7 Å². The van der Waals surface area contributed by atoms with Crippen molar-refractivity contribution in [1.29, 1.82) is 0 Å². The predicted octanol–water partition coefficient (Wildman–Crippen LogP) is 2.53. The highest BCUT2D eigenvalue weighted by Crippen LogP contribution is 2.36. The maximum absolute atomic E-state index is 11.9. The van der Waals surface area contributed by atoms with Gasteiger partial charge in [-0.1, -0.05) is 38.3 Å². The van der Waals surface area contributed by atoms with Crippen LogP contribution >= 0.6 is 11.6 Å². The highest BCUT2D eigenvalue weighted by atomic mass is 35.5. The molecule has 22 heavy (non-hydrogen) atoms. The van der Waals surface area contributed by atoms with Gasteiger partial charge in [-0.3, -0.25) is 4.79 Å². The zero-order chi connectivity index (χ0) is 17.0. The largest absolute Gasteiger partial charge is 0.391 e. The number of rotatable bonds is 9. The van der Waals surface area contributed by atoms with Crippen molar-refractivity contribution in [3.05, 3.63) is 11.8 Å². The van der Waals surface area contributed by atoms with Gasteiger partial charge in [-0.2, -0.15) is 0 Å². The molecule has 3 atom stereocenters. The lowest BCUT2D eigenvalue weighted by Crippen LogP contribution is -2.51. The molecule has 0 aromatic rings. The van der Waals surface area contributed by atoms with Gasteiger partial charge in [-0.05, 0) is 6.42 Å². The molecule has 0 aliphatic carbocycles. The molecule has 1 aliphatic rings. The van der Waals surface area contributed by atoms with Gasteiger partial charge in [0, 0.05) is 18.3 Å². The van der Waals surface area contributed by atoms with Crippen LogP contribution in [-0.2, 0) is 9.53 Å². The third-order valence-electron chi connectivity index (χ3n) is 3.84. The van der Waals surface area contributed by atoms with Crippen LogP contribution in [0.25, 0.3) is 0 Å². The number of aliphatic hydroxyl groups excluding tert-OH is 2. The number of alkyl halides is 1. The predicted molar refractivity (Wildman–Crippen MR) is 91.9 cm³/mol. The lowest BCUT2D eigenvalue weighted by molar-refractivity contribution is -0.129. The summed E-state index contributed by atoms with van der Waals surface area (Å²) in [5.41, 5.74) is 1.82. The number of ether oxygens (including phenoxy) is 1. The Morgan fingerprint density at radius 3 is 2.41 bits per heavy atom. The first-order valence-electron chi connectivity index (χ1n) is 7.82. The second-order valence-electron chi connectivity index (χ2n) is 7.69. The minimum atomic E-state index is -1.33. The van der Waals surface area contributed by atoms with E-state index in [2.05, 4.69) is 25.3 Å². The van der Waals surface area contributed by atoms with Crippen molar-refractivity contribution in [2.24, 2.45) is 5.41 Å². The molecule has 128 valence electrons. The normalized spacial score (nSPS) is 22.1. The van der Waals surface area contributed by atoms with E-state index in [0.29, 0.717) is 19.6 Å². The minimum absolute atomic E-state index is 0.0359. The zero-order valence-corrected chi connectivity index (χ0v) is 15.8. The number of aliphatic hydroxyl groups is 2. The van der Waals surface area contributed by atoms with Gasteiger partial charge in [-0.25, -0.2) is 0 Å². The summed E-state index contributed by atoms with van der Waals surface area (Å²) in [5, 5.41) is 19.5. The fraction of sp³-hybridized carbons (Fsp3) is 0.812. The molecule has 0 unspecified atom stereocenters. The zero-order valence-electron chi connectivity index (χ0n) is 14.0. The monoisotopic (exact) mass is 348 g/mol. The molecule has 0 radical (unpaired) electrons. The Morgan fingerprint density at radius 2 is 1.95 bits per heavy atom. The number of ketones is 1. The van der Waals surface area contributed by atoms with Gasteiger partial charge in [0.05, 0.1) is 38.9 Å². The van der Waals surface area contributed by atoms with E-state index in [1.807, 2.05) is 6.92 Å². The van der Waals surface area contributed by atoms with Gasteiger partial charge in [0.1, 0.15) is 5.78 Å². The number of Topliss-reactive ketones (excluding diaryl/α,β-unsaturated/α-hetero) is 1. The molecule has 0 saturated carbocycles. The van der Waals surface area contributed by atoms with E-state index in [0.717, 1.165) is 0 Å². The van der Waals surface area contributed by atoms with Crippen molar-refractivity contribution in [2.75, 3.05) is 13.2 Å². The molecular weight excluding hydrogens is 320 g/mol. The van der Waals surface area contributed by atoms with Crippen LogP contribution in [0.2, 0.25) is 19.6 Å². The standard InChI is InChI=1S/C16H29ClO4Si/c1-16(10-21-11-16)15(17)14(20)9-13(19)6-5-12(18)7-8-22(2,3)4/h7-8,12,14-15,18,20H,5-6,9-11H2,1-4H3/b8-7+/t12-,14+,15+/m0/s1. The number of hydrogen-bond donors (Lipinski definition) is 2. The molecule has 1 fully saturated rings. The summed E-state index contributed by atoms with van der Waals surface area (Å²) in [6, 6.07) is 0. The van der Waals surface area contributed by atoms with Crippen molar-refractivity contribution in [1.82, 2.24) is 0 Å². The van der Waals surface area contributed by atoms with Crippen LogP contribution in [0.1, 0.15) is 26.2 Å². The van der Waals surface area contributed by atoms with Crippen molar-refractivity contribution in [2.45, 2.75) is 63.4 Å². The molecular formula is C16H29ClO4Si. The van der Waals surface area contributed by atoms with Crippen LogP contribution in [0.3, 0.4) is 0 Å². The van der Waals surface area contributed by atoms with Gasteiger partial charge in [-0.15, -0.1) is 11.6 Å². The van der Waals surface area contributed by atoms with E-state index in [9.17, 15) is 15.0 Å². The van der Waals surface area contributed by atoms with E-state index in [1.165, 1.54) is 0 Å². The van der Waals surface area contributed by atoms with E-state index in [1.54, 1.807) is 6.08 Å². The maximum Gasteiger partial charge on any atom is 0.135 e. The molecule has 1 saturated heterocycles. The molecule has 6 heteroatoms.